The van der Waals surface area contributed by atoms with Crippen LogP contribution in [-0.4, -0.2) is 41.3 Å². The number of likely N-dealkylation sites (tertiary alicyclic amines) is 1. The average Bonchev–Trinajstić information content (AvgIpc) is 2.14. The molecule has 1 N–H and O–H groups in total. The van der Waals surface area contributed by atoms with Crippen LogP contribution in [0.1, 0.15) is 25.7 Å². The summed E-state index contributed by atoms with van der Waals surface area (Å²) in [6.45, 7) is 0.689. The topological polar surface area (TPSA) is 40.5 Å². The second-order valence-electron chi connectivity index (χ2n) is 3.75. The van der Waals surface area contributed by atoms with Gasteiger partial charge in [0.2, 0.25) is 0 Å². The Morgan fingerprint density at radius 3 is 2.20 bits per heavy atom. The van der Waals surface area contributed by atoms with Gasteiger partial charge in [0.1, 0.15) is 6.04 Å². The second-order valence-corrected chi connectivity index (χ2v) is 3.75. The number of halogens is 3. The molecule has 0 aromatic carbocycles. The standard InChI is InChI=1S/C9H14F3NO2/c10-9(11,12)7(6-8(14)15)13-4-2-1-3-5-13/h7H,1-6H2,(H,14,15). The number of hydrogen-bond donors (Lipinski definition) is 1. The van der Waals surface area contributed by atoms with E-state index in [4.69, 9.17) is 5.11 Å². The molecule has 0 saturated carbocycles. The Hall–Kier alpha value is -0.780. The van der Waals surface area contributed by atoms with Crippen molar-refractivity contribution < 1.29 is 23.1 Å². The third-order valence-electron chi connectivity index (χ3n) is 2.58. The first-order valence-corrected chi connectivity index (χ1v) is 4.94. The molecule has 1 fully saturated rings. The molecule has 1 heterocycles. The van der Waals surface area contributed by atoms with E-state index in [1.165, 1.54) is 4.90 Å². The normalized spacial score (nSPS) is 21.3. The largest absolute Gasteiger partial charge is 0.481 e. The van der Waals surface area contributed by atoms with E-state index in [0.29, 0.717) is 25.9 Å². The van der Waals surface area contributed by atoms with Crippen LogP contribution in [0.2, 0.25) is 0 Å². The Morgan fingerprint density at radius 2 is 1.80 bits per heavy atom. The molecule has 0 aromatic rings. The fourth-order valence-corrected chi connectivity index (χ4v) is 1.85. The van der Waals surface area contributed by atoms with Crippen LogP contribution in [0.15, 0.2) is 0 Å². The second kappa shape index (κ2) is 4.83. The van der Waals surface area contributed by atoms with Gasteiger partial charge in [-0.15, -0.1) is 0 Å². The first kappa shape index (κ1) is 12.3. The van der Waals surface area contributed by atoms with Gasteiger partial charge in [0.05, 0.1) is 6.42 Å². The molecule has 1 unspecified atom stereocenters. The summed E-state index contributed by atoms with van der Waals surface area (Å²) in [5.74, 6) is -1.40. The highest BCUT2D eigenvalue weighted by Gasteiger charge is 2.44. The Balaban J connectivity index is 2.66. The molecule has 1 rings (SSSR count). The number of nitrogens with zero attached hydrogens (tertiary/aromatic N) is 1. The molecule has 1 atom stereocenters. The van der Waals surface area contributed by atoms with E-state index < -0.39 is 24.6 Å². The van der Waals surface area contributed by atoms with E-state index in [1.54, 1.807) is 0 Å². The third kappa shape index (κ3) is 3.70. The summed E-state index contributed by atoms with van der Waals surface area (Å²) >= 11 is 0. The lowest BCUT2D eigenvalue weighted by Gasteiger charge is -2.34. The van der Waals surface area contributed by atoms with E-state index in [-0.39, 0.29) is 0 Å². The molecule has 0 amide bonds. The molecule has 0 aromatic heterocycles. The van der Waals surface area contributed by atoms with Gasteiger partial charge in [-0.05, 0) is 25.9 Å². The van der Waals surface area contributed by atoms with Crippen molar-refractivity contribution in [1.29, 1.82) is 0 Å². The van der Waals surface area contributed by atoms with E-state index in [2.05, 4.69) is 0 Å². The number of carbonyl (C=O) groups is 1. The molecule has 1 aliphatic heterocycles. The van der Waals surface area contributed by atoms with Gasteiger partial charge in [-0.1, -0.05) is 6.42 Å². The van der Waals surface area contributed by atoms with Crippen LogP contribution in [0.25, 0.3) is 0 Å². The van der Waals surface area contributed by atoms with Gasteiger partial charge in [0, 0.05) is 0 Å². The quantitative estimate of drug-likeness (QED) is 0.797. The smallest absolute Gasteiger partial charge is 0.404 e. The highest BCUT2D eigenvalue weighted by atomic mass is 19.4. The monoisotopic (exact) mass is 225 g/mol. The summed E-state index contributed by atoms with van der Waals surface area (Å²) in [6.07, 6.45) is -2.95. The predicted molar refractivity (Wildman–Crippen MR) is 47.5 cm³/mol. The van der Waals surface area contributed by atoms with Crippen LogP contribution in [-0.2, 0) is 4.79 Å². The van der Waals surface area contributed by atoms with Crippen LogP contribution >= 0.6 is 0 Å². The Morgan fingerprint density at radius 1 is 1.27 bits per heavy atom. The molecule has 15 heavy (non-hydrogen) atoms. The minimum atomic E-state index is -4.45. The van der Waals surface area contributed by atoms with Crippen molar-refractivity contribution in [1.82, 2.24) is 4.90 Å². The van der Waals surface area contributed by atoms with Gasteiger partial charge < -0.3 is 5.11 Å². The lowest BCUT2D eigenvalue weighted by molar-refractivity contribution is -0.192. The maximum absolute atomic E-state index is 12.6. The van der Waals surface area contributed by atoms with Gasteiger partial charge in [0.25, 0.3) is 0 Å². The molecule has 6 heteroatoms. The molecule has 3 nitrogen and oxygen atoms in total. The number of hydrogen-bond acceptors (Lipinski definition) is 2. The van der Waals surface area contributed by atoms with E-state index >= 15 is 0 Å². The lowest BCUT2D eigenvalue weighted by Crippen LogP contribution is -2.49. The molecular formula is C9H14F3NO2. The van der Waals surface area contributed by atoms with Crippen molar-refractivity contribution in [3.8, 4) is 0 Å². The molecule has 0 bridgehead atoms. The number of aliphatic carboxylic acids is 1. The minimum Gasteiger partial charge on any atom is -0.481 e. The Labute approximate surface area is 85.9 Å². The third-order valence-corrected chi connectivity index (χ3v) is 2.58. The van der Waals surface area contributed by atoms with E-state index in [0.717, 1.165) is 6.42 Å². The average molecular weight is 225 g/mol. The Kier molecular flexibility index (Phi) is 3.96. The highest BCUT2D eigenvalue weighted by Crippen LogP contribution is 2.29. The predicted octanol–water partition coefficient (Wildman–Crippen LogP) is 1.88. The fraction of sp³-hybridized carbons (Fsp3) is 0.889. The summed E-state index contributed by atoms with van der Waals surface area (Å²) in [4.78, 5) is 11.6. The zero-order valence-electron chi connectivity index (χ0n) is 8.26. The zero-order chi connectivity index (χ0) is 11.5. The van der Waals surface area contributed by atoms with E-state index in [9.17, 15) is 18.0 Å². The van der Waals surface area contributed by atoms with Crippen LogP contribution in [0.5, 0.6) is 0 Å². The maximum atomic E-state index is 12.6. The van der Waals surface area contributed by atoms with Gasteiger partial charge >= 0.3 is 12.1 Å². The van der Waals surface area contributed by atoms with Crippen molar-refractivity contribution in [2.24, 2.45) is 0 Å². The SMILES string of the molecule is O=C(O)CC(N1CCCCC1)C(F)(F)F. The van der Waals surface area contributed by atoms with Gasteiger partial charge in [-0.3, -0.25) is 9.69 Å². The molecule has 0 spiro atoms. The summed E-state index contributed by atoms with van der Waals surface area (Å²) < 4.78 is 37.7. The summed E-state index contributed by atoms with van der Waals surface area (Å²) in [6, 6.07) is -1.82. The van der Waals surface area contributed by atoms with E-state index in [1.807, 2.05) is 0 Å². The highest BCUT2D eigenvalue weighted by molar-refractivity contribution is 5.67. The van der Waals surface area contributed by atoms with Crippen molar-refractivity contribution in [3.63, 3.8) is 0 Å². The Bertz CT molecular complexity index is 224. The van der Waals surface area contributed by atoms with Gasteiger partial charge in [0.15, 0.2) is 0 Å². The van der Waals surface area contributed by atoms with Crippen LogP contribution < -0.4 is 0 Å². The molecular weight excluding hydrogens is 211 g/mol. The number of piperidine rings is 1. The first-order valence-electron chi connectivity index (χ1n) is 4.94. The molecule has 88 valence electrons. The number of rotatable bonds is 3. The van der Waals surface area contributed by atoms with Crippen LogP contribution in [0.4, 0.5) is 13.2 Å². The molecule has 0 aliphatic carbocycles. The van der Waals surface area contributed by atoms with Gasteiger partial charge in [-0.2, -0.15) is 13.2 Å². The first-order chi connectivity index (χ1) is 6.91. The summed E-state index contributed by atoms with van der Waals surface area (Å²) in [7, 11) is 0. The molecule has 1 saturated heterocycles. The summed E-state index contributed by atoms with van der Waals surface area (Å²) in [5.41, 5.74) is 0. The minimum absolute atomic E-state index is 0.345. The number of alkyl halides is 3. The fourth-order valence-electron chi connectivity index (χ4n) is 1.85. The van der Waals surface area contributed by atoms with Crippen LogP contribution in [0.3, 0.4) is 0 Å². The van der Waals surface area contributed by atoms with Gasteiger partial charge in [-0.25, -0.2) is 0 Å². The van der Waals surface area contributed by atoms with Crippen LogP contribution in [0, 0.1) is 0 Å². The van der Waals surface area contributed by atoms with Crippen molar-refractivity contribution in [2.75, 3.05) is 13.1 Å². The zero-order valence-corrected chi connectivity index (χ0v) is 8.26. The lowest BCUT2D eigenvalue weighted by atomic mass is 10.1. The van der Waals surface area contributed by atoms with Crippen molar-refractivity contribution >= 4 is 5.97 Å². The van der Waals surface area contributed by atoms with Crippen molar-refractivity contribution in [3.05, 3.63) is 0 Å². The maximum Gasteiger partial charge on any atom is 0.404 e. The number of carboxylic acid groups (broad SMARTS) is 1. The summed E-state index contributed by atoms with van der Waals surface area (Å²) in [5, 5.41) is 8.45. The van der Waals surface area contributed by atoms with Crippen molar-refractivity contribution in [2.45, 2.75) is 37.9 Å². The number of carboxylic acids is 1. The molecule has 0 radical (unpaired) electrons. The molecule has 1 aliphatic rings.